The van der Waals surface area contributed by atoms with E-state index in [0.29, 0.717) is 6.04 Å². The molecule has 0 saturated heterocycles. The van der Waals surface area contributed by atoms with Gasteiger partial charge in [0.25, 0.3) is 0 Å². The highest BCUT2D eigenvalue weighted by Crippen LogP contribution is 2.21. The van der Waals surface area contributed by atoms with Crippen molar-refractivity contribution in [1.82, 2.24) is 9.97 Å². The average Bonchev–Trinajstić information content (AvgIpc) is 1.97. The normalized spacial score (nSPS) is 17.1. The van der Waals surface area contributed by atoms with E-state index in [1.807, 2.05) is 6.07 Å². The molecule has 1 N–H and O–H groups in total. The zero-order chi connectivity index (χ0) is 8.39. The van der Waals surface area contributed by atoms with Crippen LogP contribution in [0.1, 0.15) is 19.3 Å². The van der Waals surface area contributed by atoms with Crippen LogP contribution < -0.4 is 5.32 Å². The van der Waals surface area contributed by atoms with E-state index in [-0.39, 0.29) is 0 Å². The number of halogens is 1. The molecule has 1 heterocycles. The van der Waals surface area contributed by atoms with Gasteiger partial charge in [-0.1, -0.05) is 0 Å². The lowest BCUT2D eigenvalue weighted by Gasteiger charge is -2.26. The van der Waals surface area contributed by atoms with E-state index in [1.165, 1.54) is 19.3 Å². The Hall–Kier alpha value is -0.640. The molecule has 1 aliphatic carbocycles. The highest BCUT2D eigenvalue weighted by atomic mass is 79.9. The average molecular weight is 228 g/mol. The third-order valence-electron chi connectivity index (χ3n) is 2.06. The molecule has 1 fully saturated rings. The second-order valence-electron chi connectivity index (χ2n) is 2.98. The van der Waals surface area contributed by atoms with E-state index in [4.69, 9.17) is 0 Å². The first-order valence-electron chi connectivity index (χ1n) is 4.10. The van der Waals surface area contributed by atoms with Crippen LogP contribution in [0.5, 0.6) is 0 Å². The maximum Gasteiger partial charge on any atom is 0.223 e. The van der Waals surface area contributed by atoms with Gasteiger partial charge in [0.1, 0.15) is 4.60 Å². The minimum Gasteiger partial charge on any atom is -0.351 e. The van der Waals surface area contributed by atoms with E-state index in [9.17, 15) is 0 Å². The number of nitrogens with one attached hydrogen (secondary N) is 1. The lowest BCUT2D eigenvalue weighted by molar-refractivity contribution is 0.443. The summed E-state index contributed by atoms with van der Waals surface area (Å²) in [5.41, 5.74) is 0. The van der Waals surface area contributed by atoms with Crippen LogP contribution in [0.3, 0.4) is 0 Å². The third kappa shape index (κ3) is 1.75. The Morgan fingerprint density at radius 3 is 2.92 bits per heavy atom. The fraction of sp³-hybridized carbons (Fsp3) is 0.500. The van der Waals surface area contributed by atoms with Gasteiger partial charge in [-0.25, -0.2) is 9.97 Å². The fourth-order valence-corrected chi connectivity index (χ4v) is 1.43. The van der Waals surface area contributed by atoms with Crippen molar-refractivity contribution in [2.45, 2.75) is 25.3 Å². The molecule has 1 aliphatic rings. The lowest BCUT2D eigenvalue weighted by atomic mass is 9.93. The third-order valence-corrected chi connectivity index (χ3v) is 2.50. The minimum atomic E-state index is 0.597. The molecule has 4 heteroatoms. The van der Waals surface area contributed by atoms with E-state index in [2.05, 4.69) is 31.2 Å². The van der Waals surface area contributed by atoms with E-state index in [0.717, 1.165) is 10.6 Å². The quantitative estimate of drug-likeness (QED) is 0.788. The van der Waals surface area contributed by atoms with Gasteiger partial charge in [-0.2, -0.15) is 0 Å². The first-order valence-corrected chi connectivity index (χ1v) is 4.89. The molecule has 0 spiro atoms. The summed E-state index contributed by atoms with van der Waals surface area (Å²) in [6.45, 7) is 0. The van der Waals surface area contributed by atoms with Crippen molar-refractivity contribution in [2.75, 3.05) is 5.32 Å². The van der Waals surface area contributed by atoms with E-state index >= 15 is 0 Å². The standard InChI is InChI=1S/C8H10BrN3/c9-7-4-5-10-8(12-7)11-6-2-1-3-6/h4-6H,1-3H2,(H,10,11,12). The zero-order valence-electron chi connectivity index (χ0n) is 6.63. The largest absolute Gasteiger partial charge is 0.351 e. The van der Waals surface area contributed by atoms with Crippen molar-refractivity contribution in [2.24, 2.45) is 0 Å². The monoisotopic (exact) mass is 227 g/mol. The van der Waals surface area contributed by atoms with Crippen molar-refractivity contribution in [3.8, 4) is 0 Å². The van der Waals surface area contributed by atoms with Gasteiger partial charge in [0.05, 0.1) is 0 Å². The van der Waals surface area contributed by atoms with Gasteiger partial charge in [-0.05, 0) is 41.3 Å². The Balaban J connectivity index is 2.02. The molecule has 1 aromatic heterocycles. The number of aromatic nitrogens is 2. The van der Waals surface area contributed by atoms with Crippen LogP contribution in [0, 0.1) is 0 Å². The summed E-state index contributed by atoms with van der Waals surface area (Å²) >= 11 is 3.30. The van der Waals surface area contributed by atoms with Gasteiger partial charge in [0.2, 0.25) is 5.95 Å². The molecule has 0 amide bonds. The second-order valence-corrected chi connectivity index (χ2v) is 3.79. The topological polar surface area (TPSA) is 37.8 Å². The van der Waals surface area contributed by atoms with Gasteiger partial charge in [0, 0.05) is 12.2 Å². The van der Waals surface area contributed by atoms with Crippen molar-refractivity contribution in [3.05, 3.63) is 16.9 Å². The first kappa shape index (κ1) is 7.98. The predicted octanol–water partition coefficient (Wildman–Crippen LogP) is 2.20. The van der Waals surface area contributed by atoms with Gasteiger partial charge >= 0.3 is 0 Å². The van der Waals surface area contributed by atoms with Crippen LogP contribution >= 0.6 is 15.9 Å². The number of hydrogen-bond donors (Lipinski definition) is 1. The van der Waals surface area contributed by atoms with Gasteiger partial charge in [0.15, 0.2) is 0 Å². The smallest absolute Gasteiger partial charge is 0.223 e. The molecule has 3 nitrogen and oxygen atoms in total. The van der Waals surface area contributed by atoms with Crippen LogP contribution in [-0.2, 0) is 0 Å². The summed E-state index contributed by atoms with van der Waals surface area (Å²) in [6, 6.07) is 2.42. The molecule has 0 radical (unpaired) electrons. The predicted molar refractivity (Wildman–Crippen MR) is 51.0 cm³/mol. The lowest BCUT2D eigenvalue weighted by Crippen LogP contribution is -2.27. The summed E-state index contributed by atoms with van der Waals surface area (Å²) in [7, 11) is 0. The maximum absolute atomic E-state index is 4.19. The van der Waals surface area contributed by atoms with Gasteiger partial charge in [-0.3, -0.25) is 0 Å². The summed E-state index contributed by atoms with van der Waals surface area (Å²) in [5.74, 6) is 0.731. The first-order chi connectivity index (χ1) is 5.84. The molecule has 0 bridgehead atoms. The van der Waals surface area contributed by atoms with Gasteiger partial charge < -0.3 is 5.32 Å². The van der Waals surface area contributed by atoms with E-state index in [1.54, 1.807) is 6.20 Å². The Bertz CT molecular complexity index is 273. The molecule has 0 atom stereocenters. The second kappa shape index (κ2) is 3.39. The molecular weight excluding hydrogens is 218 g/mol. The van der Waals surface area contributed by atoms with Crippen LogP contribution in [0.25, 0.3) is 0 Å². The van der Waals surface area contributed by atoms with Crippen LogP contribution in [-0.4, -0.2) is 16.0 Å². The van der Waals surface area contributed by atoms with Crippen LogP contribution in [0.2, 0.25) is 0 Å². The Morgan fingerprint density at radius 1 is 1.50 bits per heavy atom. The van der Waals surface area contributed by atoms with Crippen molar-refractivity contribution >= 4 is 21.9 Å². The molecule has 12 heavy (non-hydrogen) atoms. The van der Waals surface area contributed by atoms with Crippen LogP contribution in [0.15, 0.2) is 16.9 Å². The zero-order valence-corrected chi connectivity index (χ0v) is 8.21. The molecule has 0 aromatic carbocycles. The number of hydrogen-bond acceptors (Lipinski definition) is 3. The highest BCUT2D eigenvalue weighted by Gasteiger charge is 2.17. The molecule has 0 aliphatic heterocycles. The minimum absolute atomic E-state index is 0.597. The molecular formula is C8H10BrN3. The molecule has 1 aromatic rings. The summed E-state index contributed by atoms with van der Waals surface area (Å²) < 4.78 is 0.833. The fourth-order valence-electron chi connectivity index (χ4n) is 1.14. The molecule has 64 valence electrons. The molecule has 1 saturated carbocycles. The Labute approximate surface area is 79.7 Å². The Morgan fingerprint density at radius 2 is 2.33 bits per heavy atom. The molecule has 0 unspecified atom stereocenters. The summed E-state index contributed by atoms with van der Waals surface area (Å²) in [4.78, 5) is 8.30. The summed E-state index contributed by atoms with van der Waals surface area (Å²) in [6.07, 6.45) is 5.56. The number of anilines is 1. The summed E-state index contributed by atoms with van der Waals surface area (Å²) in [5, 5.41) is 3.27. The highest BCUT2D eigenvalue weighted by molar-refractivity contribution is 9.10. The van der Waals surface area contributed by atoms with Crippen molar-refractivity contribution < 1.29 is 0 Å². The van der Waals surface area contributed by atoms with E-state index < -0.39 is 0 Å². The molecule has 2 rings (SSSR count). The van der Waals surface area contributed by atoms with Crippen LogP contribution in [0.4, 0.5) is 5.95 Å². The van der Waals surface area contributed by atoms with Crippen molar-refractivity contribution in [3.63, 3.8) is 0 Å². The number of nitrogens with zero attached hydrogens (tertiary/aromatic N) is 2. The SMILES string of the molecule is Brc1ccnc(NC2CCC2)n1. The van der Waals surface area contributed by atoms with Gasteiger partial charge in [-0.15, -0.1) is 0 Å². The maximum atomic E-state index is 4.19. The number of rotatable bonds is 2. The Kier molecular flexibility index (Phi) is 2.26. The van der Waals surface area contributed by atoms with Crippen molar-refractivity contribution in [1.29, 1.82) is 0 Å².